The van der Waals surface area contributed by atoms with Crippen LogP contribution in [0.4, 0.5) is 21.5 Å². The van der Waals surface area contributed by atoms with Crippen LogP contribution in [0.15, 0.2) is 36.4 Å². The molecule has 1 heterocycles. The number of piperazine rings is 1. The molecular formula is C18H19FN4O4. The van der Waals surface area contributed by atoms with Gasteiger partial charge in [0, 0.05) is 44.4 Å². The van der Waals surface area contributed by atoms with E-state index in [-0.39, 0.29) is 17.1 Å². The largest absolute Gasteiger partial charge is 0.494 e. The Kier molecular flexibility index (Phi) is 5.11. The van der Waals surface area contributed by atoms with Gasteiger partial charge < -0.3 is 20.3 Å². The Hall–Kier alpha value is -3.36. The van der Waals surface area contributed by atoms with E-state index >= 15 is 0 Å². The highest BCUT2D eigenvalue weighted by atomic mass is 19.1. The summed E-state index contributed by atoms with van der Waals surface area (Å²) in [7, 11) is 1.49. The van der Waals surface area contributed by atoms with Gasteiger partial charge in [0.1, 0.15) is 11.6 Å². The fourth-order valence-corrected chi connectivity index (χ4v) is 3.21. The van der Waals surface area contributed by atoms with Crippen molar-refractivity contribution in [3.05, 3.63) is 57.9 Å². The van der Waals surface area contributed by atoms with E-state index in [1.807, 2.05) is 4.90 Å². The summed E-state index contributed by atoms with van der Waals surface area (Å²) in [5.41, 5.74) is 6.71. The van der Waals surface area contributed by atoms with Gasteiger partial charge in [-0.3, -0.25) is 14.9 Å². The molecule has 0 spiro atoms. The predicted octanol–water partition coefficient (Wildman–Crippen LogP) is 2.17. The second kappa shape index (κ2) is 7.48. The summed E-state index contributed by atoms with van der Waals surface area (Å²) in [6.45, 7) is 2.35. The first-order chi connectivity index (χ1) is 12.9. The minimum Gasteiger partial charge on any atom is -0.494 e. The van der Waals surface area contributed by atoms with Gasteiger partial charge in [-0.25, -0.2) is 4.39 Å². The number of nitrogens with zero attached hydrogens (tertiary/aromatic N) is 3. The van der Waals surface area contributed by atoms with Gasteiger partial charge in [0.2, 0.25) is 0 Å². The fraction of sp³-hybridized carbons (Fsp3) is 0.278. The molecule has 0 radical (unpaired) electrons. The van der Waals surface area contributed by atoms with E-state index in [4.69, 9.17) is 10.5 Å². The SMILES string of the molecule is COc1cc(F)ccc1N1CCN(c2ccc([N+](=O)[O-])cc2C(N)=O)CC1. The maximum Gasteiger partial charge on any atom is 0.270 e. The lowest BCUT2D eigenvalue weighted by Gasteiger charge is -2.38. The minimum atomic E-state index is -0.712. The van der Waals surface area contributed by atoms with Gasteiger partial charge in [-0.05, 0) is 18.2 Å². The number of rotatable bonds is 5. The lowest BCUT2D eigenvalue weighted by atomic mass is 10.1. The number of halogens is 1. The maximum absolute atomic E-state index is 13.4. The summed E-state index contributed by atoms with van der Waals surface area (Å²) in [5, 5.41) is 10.9. The van der Waals surface area contributed by atoms with Gasteiger partial charge in [-0.2, -0.15) is 0 Å². The predicted molar refractivity (Wildman–Crippen MR) is 99.0 cm³/mol. The van der Waals surface area contributed by atoms with Gasteiger partial charge in [0.15, 0.2) is 0 Å². The van der Waals surface area contributed by atoms with E-state index in [1.165, 1.54) is 31.4 Å². The number of hydrogen-bond donors (Lipinski definition) is 1. The molecule has 1 fully saturated rings. The van der Waals surface area contributed by atoms with Crippen molar-refractivity contribution in [3.63, 3.8) is 0 Å². The van der Waals surface area contributed by atoms with Crippen molar-refractivity contribution in [1.29, 1.82) is 0 Å². The topological polar surface area (TPSA) is 102 Å². The zero-order valence-electron chi connectivity index (χ0n) is 14.7. The Bertz CT molecular complexity index is 882. The molecule has 8 nitrogen and oxygen atoms in total. The molecule has 2 aromatic rings. The number of ether oxygens (including phenoxy) is 1. The van der Waals surface area contributed by atoms with E-state index in [1.54, 1.807) is 12.1 Å². The summed E-state index contributed by atoms with van der Waals surface area (Å²) < 4.78 is 18.7. The molecule has 1 aliphatic rings. The molecule has 0 aliphatic carbocycles. The maximum atomic E-state index is 13.4. The first-order valence-corrected chi connectivity index (χ1v) is 8.32. The molecular weight excluding hydrogens is 355 g/mol. The van der Waals surface area contributed by atoms with Gasteiger partial charge in [-0.15, -0.1) is 0 Å². The number of nitro benzene ring substituents is 1. The molecule has 9 heteroatoms. The van der Waals surface area contributed by atoms with Gasteiger partial charge in [-0.1, -0.05) is 0 Å². The summed E-state index contributed by atoms with van der Waals surface area (Å²) in [6, 6.07) is 8.50. The van der Waals surface area contributed by atoms with E-state index < -0.39 is 10.8 Å². The molecule has 2 N–H and O–H groups in total. The third-order valence-corrected chi connectivity index (χ3v) is 4.56. The van der Waals surface area contributed by atoms with Crippen molar-refractivity contribution in [3.8, 4) is 5.75 Å². The number of carbonyl (C=O) groups is 1. The van der Waals surface area contributed by atoms with Crippen molar-refractivity contribution < 1.29 is 18.8 Å². The Balaban J connectivity index is 1.80. The lowest BCUT2D eigenvalue weighted by molar-refractivity contribution is -0.384. The summed E-state index contributed by atoms with van der Waals surface area (Å²) >= 11 is 0. The number of methoxy groups -OCH3 is 1. The molecule has 3 rings (SSSR count). The Morgan fingerprint density at radius 1 is 1.11 bits per heavy atom. The van der Waals surface area contributed by atoms with Crippen LogP contribution >= 0.6 is 0 Å². The van der Waals surface area contributed by atoms with Crippen molar-refractivity contribution in [2.24, 2.45) is 5.73 Å². The molecule has 27 heavy (non-hydrogen) atoms. The fourth-order valence-electron chi connectivity index (χ4n) is 3.21. The van der Waals surface area contributed by atoms with Gasteiger partial charge in [0.25, 0.3) is 11.6 Å². The molecule has 0 atom stereocenters. The smallest absolute Gasteiger partial charge is 0.270 e. The third-order valence-electron chi connectivity index (χ3n) is 4.56. The van der Waals surface area contributed by atoms with Crippen LogP contribution in [0, 0.1) is 15.9 Å². The van der Waals surface area contributed by atoms with Crippen LogP contribution < -0.4 is 20.3 Å². The highest BCUT2D eigenvalue weighted by Crippen LogP contribution is 2.31. The number of primary amides is 1. The molecule has 1 saturated heterocycles. The van der Waals surface area contributed by atoms with Gasteiger partial charge >= 0.3 is 0 Å². The average molecular weight is 374 g/mol. The highest BCUT2D eigenvalue weighted by Gasteiger charge is 2.24. The summed E-state index contributed by atoms with van der Waals surface area (Å²) in [4.78, 5) is 26.1. The highest BCUT2D eigenvalue weighted by molar-refractivity contribution is 5.99. The summed E-state index contributed by atoms with van der Waals surface area (Å²) in [6.07, 6.45) is 0. The number of nitro groups is 1. The Morgan fingerprint density at radius 2 is 1.70 bits per heavy atom. The number of amides is 1. The number of carbonyl (C=O) groups excluding carboxylic acids is 1. The van der Waals surface area contributed by atoms with Crippen LogP contribution in [0.25, 0.3) is 0 Å². The van der Waals surface area contributed by atoms with Crippen molar-refractivity contribution in [2.75, 3.05) is 43.1 Å². The zero-order valence-corrected chi connectivity index (χ0v) is 14.7. The molecule has 2 aromatic carbocycles. The van der Waals surface area contributed by atoms with Crippen molar-refractivity contribution in [1.82, 2.24) is 0 Å². The van der Waals surface area contributed by atoms with E-state index in [9.17, 15) is 19.3 Å². The number of nitrogens with two attached hydrogens (primary N) is 1. The number of anilines is 2. The second-order valence-electron chi connectivity index (χ2n) is 6.11. The standard InChI is InChI=1S/C18H19FN4O4/c1-27-17-10-12(19)2-4-16(17)22-8-6-21(7-9-22)15-5-3-13(23(25)26)11-14(15)18(20)24/h2-5,10-11H,6-9H2,1H3,(H2,20,24). The molecule has 1 aliphatic heterocycles. The van der Waals surface area contributed by atoms with E-state index in [0.29, 0.717) is 37.6 Å². The van der Waals surface area contributed by atoms with Crippen LogP contribution in [0.5, 0.6) is 5.75 Å². The quantitative estimate of drug-likeness (QED) is 0.636. The van der Waals surface area contributed by atoms with Crippen molar-refractivity contribution in [2.45, 2.75) is 0 Å². The Morgan fingerprint density at radius 3 is 2.26 bits per heavy atom. The molecule has 0 bridgehead atoms. The first kappa shape index (κ1) is 18.4. The first-order valence-electron chi connectivity index (χ1n) is 8.32. The number of hydrogen-bond acceptors (Lipinski definition) is 6. The molecule has 1 amide bonds. The van der Waals surface area contributed by atoms with Crippen LogP contribution in [0.3, 0.4) is 0 Å². The number of benzene rings is 2. The third kappa shape index (κ3) is 3.76. The van der Waals surface area contributed by atoms with Gasteiger partial charge in [0.05, 0.1) is 29.0 Å². The molecule has 142 valence electrons. The molecule has 0 saturated carbocycles. The monoisotopic (exact) mass is 374 g/mol. The Labute approximate surface area is 155 Å². The minimum absolute atomic E-state index is 0.122. The second-order valence-corrected chi connectivity index (χ2v) is 6.11. The molecule has 0 aromatic heterocycles. The van der Waals surface area contributed by atoms with E-state index in [2.05, 4.69) is 4.90 Å². The molecule has 0 unspecified atom stereocenters. The van der Waals surface area contributed by atoms with Crippen LogP contribution in [-0.2, 0) is 0 Å². The zero-order chi connectivity index (χ0) is 19.6. The average Bonchev–Trinajstić information content (AvgIpc) is 2.67. The number of non-ortho nitro benzene ring substituents is 1. The van der Waals surface area contributed by atoms with Crippen LogP contribution in [0.2, 0.25) is 0 Å². The van der Waals surface area contributed by atoms with Crippen molar-refractivity contribution >= 4 is 23.0 Å². The van der Waals surface area contributed by atoms with Crippen LogP contribution in [-0.4, -0.2) is 44.1 Å². The lowest BCUT2D eigenvalue weighted by Crippen LogP contribution is -2.47. The normalized spacial score (nSPS) is 14.1. The van der Waals surface area contributed by atoms with Crippen LogP contribution in [0.1, 0.15) is 10.4 Å². The van der Waals surface area contributed by atoms with E-state index in [0.717, 1.165) is 5.69 Å². The summed E-state index contributed by atoms with van der Waals surface area (Å²) in [5.74, 6) is -0.626.